The van der Waals surface area contributed by atoms with Crippen molar-refractivity contribution in [2.45, 2.75) is 4.90 Å². The Bertz CT molecular complexity index is 524. The van der Waals surface area contributed by atoms with E-state index in [-0.39, 0.29) is 4.90 Å². The molecule has 1 aromatic rings. The fourth-order valence-corrected chi connectivity index (χ4v) is 2.34. The topological polar surface area (TPSA) is 75.8 Å². The molecule has 5 nitrogen and oxygen atoms in total. The minimum absolute atomic E-state index is 0.155. The molecule has 0 unspecified atom stereocenters. The van der Waals surface area contributed by atoms with Crippen molar-refractivity contribution in [2.24, 2.45) is 10.7 Å². The maximum Gasteiger partial charge on any atom is 0.244 e. The second kappa shape index (κ2) is 5.52. The van der Waals surface area contributed by atoms with Gasteiger partial charge in [-0.1, -0.05) is 23.9 Å². The number of rotatable bonds is 3. The zero-order valence-electron chi connectivity index (χ0n) is 9.91. The Morgan fingerprint density at radius 3 is 2.47 bits per heavy atom. The SMILES string of the molecule is CSC(N)=Nc1ccccc1S(=O)(=O)N(C)C. The van der Waals surface area contributed by atoms with E-state index in [1.165, 1.54) is 31.9 Å². The van der Waals surface area contributed by atoms with E-state index in [4.69, 9.17) is 5.73 Å². The lowest BCUT2D eigenvalue weighted by Crippen LogP contribution is -2.22. The van der Waals surface area contributed by atoms with Crippen molar-refractivity contribution >= 4 is 32.6 Å². The molecule has 0 atom stereocenters. The quantitative estimate of drug-likeness (QED) is 0.664. The number of nitrogens with zero attached hydrogens (tertiary/aromatic N) is 2. The Morgan fingerprint density at radius 2 is 1.94 bits per heavy atom. The van der Waals surface area contributed by atoms with Gasteiger partial charge in [0.25, 0.3) is 0 Å². The third kappa shape index (κ3) is 3.21. The lowest BCUT2D eigenvalue weighted by molar-refractivity contribution is 0.521. The van der Waals surface area contributed by atoms with Gasteiger partial charge in [0.1, 0.15) is 4.90 Å². The van der Waals surface area contributed by atoms with Crippen molar-refractivity contribution in [1.29, 1.82) is 0 Å². The Kier molecular flexibility index (Phi) is 4.55. The summed E-state index contributed by atoms with van der Waals surface area (Å²) in [6, 6.07) is 6.52. The van der Waals surface area contributed by atoms with E-state index in [0.29, 0.717) is 10.9 Å². The third-order valence-corrected chi connectivity index (χ3v) is 4.44. The summed E-state index contributed by atoms with van der Waals surface area (Å²) in [6.45, 7) is 0. The van der Waals surface area contributed by atoms with Gasteiger partial charge in [-0.2, -0.15) is 0 Å². The maximum absolute atomic E-state index is 12.0. The van der Waals surface area contributed by atoms with Crippen LogP contribution in [0.5, 0.6) is 0 Å². The molecular formula is C10H15N3O2S2. The lowest BCUT2D eigenvalue weighted by atomic mass is 10.3. The van der Waals surface area contributed by atoms with Gasteiger partial charge in [0.15, 0.2) is 5.17 Å². The van der Waals surface area contributed by atoms with Crippen LogP contribution in [0.2, 0.25) is 0 Å². The first kappa shape index (κ1) is 14.0. The number of hydrogen-bond donors (Lipinski definition) is 1. The van der Waals surface area contributed by atoms with Crippen LogP contribution in [0.25, 0.3) is 0 Å². The Morgan fingerprint density at radius 1 is 1.35 bits per heavy atom. The molecule has 0 aliphatic rings. The molecule has 0 bridgehead atoms. The smallest absolute Gasteiger partial charge is 0.244 e. The fourth-order valence-electron chi connectivity index (χ4n) is 1.13. The highest BCUT2D eigenvalue weighted by Gasteiger charge is 2.20. The highest BCUT2D eigenvalue weighted by atomic mass is 32.2. The van der Waals surface area contributed by atoms with Gasteiger partial charge in [0.05, 0.1) is 5.69 Å². The highest BCUT2D eigenvalue weighted by molar-refractivity contribution is 8.13. The number of para-hydroxylation sites is 1. The van der Waals surface area contributed by atoms with Crippen LogP contribution in [0.3, 0.4) is 0 Å². The van der Waals surface area contributed by atoms with Crippen LogP contribution in [0, 0.1) is 0 Å². The summed E-state index contributed by atoms with van der Waals surface area (Å²) in [5.41, 5.74) is 5.95. The Hall–Kier alpha value is -1.05. The average Bonchev–Trinajstić information content (AvgIpc) is 2.29. The van der Waals surface area contributed by atoms with Gasteiger partial charge in [-0.25, -0.2) is 17.7 Å². The van der Waals surface area contributed by atoms with Crippen LogP contribution in [0.1, 0.15) is 0 Å². The molecule has 7 heteroatoms. The maximum atomic E-state index is 12.0. The van der Waals surface area contributed by atoms with E-state index < -0.39 is 10.0 Å². The van der Waals surface area contributed by atoms with E-state index in [0.717, 1.165) is 4.31 Å². The summed E-state index contributed by atoms with van der Waals surface area (Å²) < 4.78 is 25.2. The highest BCUT2D eigenvalue weighted by Crippen LogP contribution is 2.26. The predicted octanol–water partition coefficient (Wildman–Crippen LogP) is 1.25. The van der Waals surface area contributed by atoms with Crippen LogP contribution < -0.4 is 5.73 Å². The molecule has 1 rings (SSSR count). The number of hydrogen-bond acceptors (Lipinski definition) is 4. The fraction of sp³-hybridized carbons (Fsp3) is 0.300. The summed E-state index contributed by atoms with van der Waals surface area (Å²) in [5.74, 6) is 0. The Balaban J connectivity index is 3.37. The summed E-state index contributed by atoms with van der Waals surface area (Å²) in [6.07, 6.45) is 1.78. The van der Waals surface area contributed by atoms with Crippen LogP contribution in [0.15, 0.2) is 34.2 Å². The van der Waals surface area contributed by atoms with Crippen LogP contribution in [-0.4, -0.2) is 38.2 Å². The standard InChI is InChI=1S/C10H15N3O2S2/c1-13(2)17(14,15)9-7-5-4-6-8(9)12-10(11)16-3/h4-7H,1-3H3,(H2,11,12). The van der Waals surface area contributed by atoms with Crippen LogP contribution in [0.4, 0.5) is 5.69 Å². The number of aliphatic imine (C=N–C) groups is 1. The van der Waals surface area contributed by atoms with E-state index in [2.05, 4.69) is 4.99 Å². The summed E-state index contributed by atoms with van der Waals surface area (Å²) in [7, 11) is -0.540. The molecule has 0 radical (unpaired) electrons. The molecule has 1 aromatic carbocycles. The molecule has 0 saturated carbocycles. The number of nitrogens with two attached hydrogens (primary N) is 1. The van der Waals surface area contributed by atoms with Gasteiger partial charge < -0.3 is 5.73 Å². The largest absolute Gasteiger partial charge is 0.378 e. The van der Waals surface area contributed by atoms with E-state index in [1.807, 2.05) is 0 Å². The normalized spacial score (nSPS) is 13.1. The first-order chi connectivity index (χ1) is 7.89. The average molecular weight is 273 g/mol. The minimum atomic E-state index is -3.50. The van der Waals surface area contributed by atoms with Crippen LogP contribution >= 0.6 is 11.8 Å². The van der Waals surface area contributed by atoms with Gasteiger partial charge in [-0.05, 0) is 18.4 Å². The van der Waals surface area contributed by atoms with E-state index in [9.17, 15) is 8.42 Å². The number of benzene rings is 1. The molecule has 0 aromatic heterocycles. The molecule has 0 heterocycles. The monoisotopic (exact) mass is 273 g/mol. The van der Waals surface area contributed by atoms with Gasteiger partial charge in [0, 0.05) is 14.1 Å². The number of amidine groups is 1. The first-order valence-corrected chi connectivity index (χ1v) is 7.45. The predicted molar refractivity (Wildman–Crippen MR) is 72.1 cm³/mol. The second-order valence-electron chi connectivity index (χ2n) is 3.41. The first-order valence-electron chi connectivity index (χ1n) is 4.79. The van der Waals surface area contributed by atoms with Gasteiger partial charge >= 0.3 is 0 Å². The number of thioether (sulfide) groups is 1. The van der Waals surface area contributed by atoms with E-state index >= 15 is 0 Å². The molecule has 0 fully saturated rings. The van der Waals surface area contributed by atoms with Crippen LogP contribution in [-0.2, 0) is 10.0 Å². The van der Waals surface area contributed by atoms with Crippen molar-refractivity contribution in [3.05, 3.63) is 24.3 Å². The lowest BCUT2D eigenvalue weighted by Gasteiger charge is -2.13. The Labute approximate surface area is 106 Å². The molecule has 17 heavy (non-hydrogen) atoms. The van der Waals surface area contributed by atoms with E-state index in [1.54, 1.807) is 24.5 Å². The molecule has 0 amide bonds. The van der Waals surface area contributed by atoms with Crippen molar-refractivity contribution in [3.63, 3.8) is 0 Å². The molecule has 0 aliphatic heterocycles. The molecule has 0 aliphatic carbocycles. The third-order valence-electron chi connectivity index (χ3n) is 2.06. The molecule has 0 spiro atoms. The summed E-state index contributed by atoms with van der Waals surface area (Å²) >= 11 is 1.27. The van der Waals surface area contributed by atoms with Crippen molar-refractivity contribution in [1.82, 2.24) is 4.31 Å². The number of sulfonamides is 1. The van der Waals surface area contributed by atoms with Crippen molar-refractivity contribution in [3.8, 4) is 0 Å². The van der Waals surface area contributed by atoms with Crippen molar-refractivity contribution < 1.29 is 8.42 Å². The zero-order valence-corrected chi connectivity index (χ0v) is 11.5. The molecule has 0 saturated heterocycles. The second-order valence-corrected chi connectivity index (χ2v) is 6.36. The molecule has 2 N–H and O–H groups in total. The molecule has 94 valence electrons. The summed E-state index contributed by atoms with van der Waals surface area (Å²) in [4.78, 5) is 4.23. The molecular weight excluding hydrogens is 258 g/mol. The van der Waals surface area contributed by atoms with Crippen molar-refractivity contribution in [2.75, 3.05) is 20.4 Å². The minimum Gasteiger partial charge on any atom is -0.378 e. The van der Waals surface area contributed by atoms with Gasteiger partial charge in [-0.15, -0.1) is 0 Å². The van der Waals surface area contributed by atoms with Gasteiger partial charge in [0.2, 0.25) is 10.0 Å². The zero-order chi connectivity index (χ0) is 13.1. The summed E-state index contributed by atoms with van der Waals surface area (Å²) in [5, 5.41) is 0.325. The van der Waals surface area contributed by atoms with Gasteiger partial charge in [-0.3, -0.25) is 0 Å².